The van der Waals surface area contributed by atoms with Crippen LogP contribution in [0.15, 0.2) is 132 Å². The van der Waals surface area contributed by atoms with Gasteiger partial charge in [0.1, 0.15) is 0 Å². The molecule has 0 bridgehead atoms. The molecule has 0 aromatic heterocycles. The van der Waals surface area contributed by atoms with E-state index < -0.39 is 5.41 Å². The molecule has 0 saturated heterocycles. The minimum Gasteiger partial charge on any atom is -0.0622 e. The van der Waals surface area contributed by atoms with Crippen LogP contribution in [-0.4, -0.2) is 0 Å². The van der Waals surface area contributed by atoms with Gasteiger partial charge in [0.2, 0.25) is 0 Å². The third kappa shape index (κ3) is 2.75. The smallest absolute Gasteiger partial charge is 0.0622 e. The maximum absolute atomic E-state index is 3.65. The summed E-state index contributed by atoms with van der Waals surface area (Å²) in [5, 5.41) is 0. The van der Waals surface area contributed by atoms with E-state index in [1.807, 2.05) is 0 Å². The number of halogens is 1. The first-order chi connectivity index (χ1) is 15.8. The van der Waals surface area contributed by atoms with Gasteiger partial charge >= 0.3 is 0 Å². The van der Waals surface area contributed by atoms with Gasteiger partial charge in [-0.05, 0) is 56.6 Å². The molecule has 5 aromatic carbocycles. The van der Waals surface area contributed by atoms with Crippen LogP contribution in [0.3, 0.4) is 0 Å². The summed E-state index contributed by atoms with van der Waals surface area (Å²) in [4.78, 5) is 0. The third-order valence-electron chi connectivity index (χ3n) is 6.65. The van der Waals surface area contributed by atoms with Crippen LogP contribution >= 0.6 is 15.9 Å². The Labute approximate surface area is 197 Å². The highest BCUT2D eigenvalue weighted by Gasteiger charge is 2.43. The molecule has 1 aliphatic carbocycles. The molecule has 6 rings (SSSR count). The first kappa shape index (κ1) is 19.3. The van der Waals surface area contributed by atoms with Gasteiger partial charge in [-0.3, -0.25) is 0 Å². The van der Waals surface area contributed by atoms with Crippen molar-refractivity contribution in [3.8, 4) is 22.3 Å². The molecular formula is C31H21Br. The fraction of sp³-hybridized carbons (Fsp3) is 0.0323. The van der Waals surface area contributed by atoms with Crippen molar-refractivity contribution >= 4 is 15.9 Å². The van der Waals surface area contributed by atoms with Gasteiger partial charge < -0.3 is 0 Å². The molecule has 0 nitrogen and oxygen atoms in total. The van der Waals surface area contributed by atoms with E-state index in [9.17, 15) is 0 Å². The molecule has 152 valence electrons. The second-order valence-electron chi connectivity index (χ2n) is 8.26. The van der Waals surface area contributed by atoms with Gasteiger partial charge in [0.15, 0.2) is 0 Å². The summed E-state index contributed by atoms with van der Waals surface area (Å²) in [6.45, 7) is 0. The Kier molecular flexibility index (Phi) is 4.59. The Morgan fingerprint density at radius 3 is 1.31 bits per heavy atom. The van der Waals surface area contributed by atoms with E-state index in [0.29, 0.717) is 0 Å². The predicted octanol–water partition coefficient (Wildman–Crippen LogP) is 8.48. The number of hydrogen-bond acceptors (Lipinski definition) is 0. The summed E-state index contributed by atoms with van der Waals surface area (Å²) in [7, 11) is 0. The van der Waals surface area contributed by atoms with Crippen molar-refractivity contribution in [2.24, 2.45) is 0 Å². The van der Waals surface area contributed by atoms with Gasteiger partial charge in [0, 0.05) is 4.47 Å². The minimum absolute atomic E-state index is 0.436. The van der Waals surface area contributed by atoms with Crippen LogP contribution in [0.1, 0.15) is 22.3 Å². The summed E-state index contributed by atoms with van der Waals surface area (Å²) >= 11 is 3.65. The molecule has 1 heteroatoms. The molecule has 0 aliphatic heterocycles. The zero-order valence-corrected chi connectivity index (χ0v) is 19.1. The van der Waals surface area contributed by atoms with E-state index in [4.69, 9.17) is 0 Å². The van der Waals surface area contributed by atoms with Crippen molar-refractivity contribution < 1.29 is 0 Å². The summed E-state index contributed by atoms with van der Waals surface area (Å²) < 4.78 is 1.09. The Morgan fingerprint density at radius 1 is 0.375 bits per heavy atom. The Hall–Kier alpha value is -3.42. The Balaban J connectivity index is 1.87. The molecule has 32 heavy (non-hydrogen) atoms. The Bertz CT molecular complexity index is 1350. The average Bonchev–Trinajstić information content (AvgIpc) is 2.97. The van der Waals surface area contributed by atoms with E-state index in [1.165, 1.54) is 44.5 Å². The van der Waals surface area contributed by atoms with Crippen LogP contribution in [-0.2, 0) is 5.41 Å². The van der Waals surface area contributed by atoms with Crippen LogP contribution in [0.2, 0.25) is 0 Å². The first-order valence-electron chi connectivity index (χ1n) is 10.9. The molecule has 0 spiro atoms. The molecular weight excluding hydrogens is 452 g/mol. The Morgan fingerprint density at radius 2 is 0.781 bits per heavy atom. The number of fused-ring (bicyclic) bond motifs is 5. The van der Waals surface area contributed by atoms with E-state index >= 15 is 0 Å². The number of benzene rings is 5. The second-order valence-corrected chi connectivity index (χ2v) is 9.18. The van der Waals surface area contributed by atoms with Crippen LogP contribution in [0, 0.1) is 0 Å². The van der Waals surface area contributed by atoms with E-state index in [-0.39, 0.29) is 0 Å². The minimum atomic E-state index is -0.436. The monoisotopic (exact) mass is 472 g/mol. The maximum Gasteiger partial charge on any atom is 0.0713 e. The van der Waals surface area contributed by atoms with Gasteiger partial charge in [-0.1, -0.05) is 131 Å². The molecule has 5 aromatic rings. The molecule has 1 aliphatic rings. The molecule has 0 saturated carbocycles. The highest BCUT2D eigenvalue weighted by Crippen LogP contribution is 2.54. The second kappa shape index (κ2) is 7.62. The lowest BCUT2D eigenvalue weighted by molar-refractivity contribution is 0.751. The van der Waals surface area contributed by atoms with Gasteiger partial charge in [-0.25, -0.2) is 0 Å². The SMILES string of the molecule is Brc1ccc(C2(c3ccccc3)c3ccccc3-c3ccccc3-c3ccccc32)cc1. The van der Waals surface area contributed by atoms with Crippen molar-refractivity contribution in [1.29, 1.82) is 0 Å². The lowest BCUT2D eigenvalue weighted by Gasteiger charge is -2.38. The molecule has 0 radical (unpaired) electrons. The summed E-state index contributed by atoms with van der Waals surface area (Å²) in [6, 6.07) is 46.4. The van der Waals surface area contributed by atoms with E-state index in [2.05, 4.69) is 143 Å². The number of rotatable bonds is 2. The fourth-order valence-electron chi connectivity index (χ4n) is 5.36. The molecule has 0 fully saturated rings. The van der Waals surface area contributed by atoms with Crippen molar-refractivity contribution in [3.63, 3.8) is 0 Å². The quantitative estimate of drug-likeness (QED) is 0.237. The highest BCUT2D eigenvalue weighted by atomic mass is 79.9. The normalized spacial score (nSPS) is 13.4. The molecule has 0 heterocycles. The topological polar surface area (TPSA) is 0 Å². The summed E-state index contributed by atoms with van der Waals surface area (Å²) in [5.41, 5.74) is 9.85. The lowest BCUT2D eigenvalue weighted by Crippen LogP contribution is -2.31. The van der Waals surface area contributed by atoms with Crippen LogP contribution in [0.25, 0.3) is 22.3 Å². The zero-order valence-electron chi connectivity index (χ0n) is 17.5. The highest BCUT2D eigenvalue weighted by molar-refractivity contribution is 9.10. The maximum atomic E-state index is 3.65. The first-order valence-corrected chi connectivity index (χ1v) is 11.7. The standard InChI is InChI=1S/C31H21Br/c32-24-20-18-23(19-21-24)31(22-10-2-1-3-11-22)29-16-8-6-14-27(29)25-12-4-5-13-26(25)28-15-7-9-17-30(28)31/h1-21H. The van der Waals surface area contributed by atoms with Crippen LogP contribution in [0.5, 0.6) is 0 Å². The molecule has 0 unspecified atom stereocenters. The van der Waals surface area contributed by atoms with Crippen molar-refractivity contribution in [2.45, 2.75) is 5.41 Å². The molecule has 0 amide bonds. The predicted molar refractivity (Wildman–Crippen MR) is 137 cm³/mol. The van der Waals surface area contributed by atoms with Gasteiger partial charge in [0.05, 0.1) is 5.41 Å². The average molecular weight is 473 g/mol. The molecule has 0 atom stereocenters. The third-order valence-corrected chi connectivity index (χ3v) is 7.18. The van der Waals surface area contributed by atoms with Crippen molar-refractivity contribution in [2.75, 3.05) is 0 Å². The van der Waals surface area contributed by atoms with Gasteiger partial charge in [0.25, 0.3) is 0 Å². The van der Waals surface area contributed by atoms with E-state index in [1.54, 1.807) is 0 Å². The van der Waals surface area contributed by atoms with E-state index in [0.717, 1.165) is 4.47 Å². The van der Waals surface area contributed by atoms with Gasteiger partial charge in [-0.15, -0.1) is 0 Å². The summed E-state index contributed by atoms with van der Waals surface area (Å²) in [5.74, 6) is 0. The number of hydrogen-bond donors (Lipinski definition) is 0. The van der Waals surface area contributed by atoms with Gasteiger partial charge in [-0.2, -0.15) is 0 Å². The zero-order chi connectivity index (χ0) is 21.5. The van der Waals surface area contributed by atoms with Crippen LogP contribution < -0.4 is 0 Å². The summed E-state index contributed by atoms with van der Waals surface area (Å²) in [6.07, 6.45) is 0. The lowest BCUT2D eigenvalue weighted by atomic mass is 9.63. The molecule has 0 N–H and O–H groups in total. The van der Waals surface area contributed by atoms with Crippen molar-refractivity contribution in [1.82, 2.24) is 0 Å². The fourth-order valence-corrected chi connectivity index (χ4v) is 5.63. The van der Waals surface area contributed by atoms with Crippen molar-refractivity contribution in [3.05, 3.63) is 154 Å². The van der Waals surface area contributed by atoms with Crippen LogP contribution in [0.4, 0.5) is 0 Å². The largest absolute Gasteiger partial charge is 0.0713 e.